The SMILES string of the molecule is Cl.O=C(NCC(=O)N1CCOCC1)C1CCNCC1. The lowest BCUT2D eigenvalue weighted by atomic mass is 9.97. The minimum atomic E-state index is -0.0133. The maximum Gasteiger partial charge on any atom is 0.242 e. The summed E-state index contributed by atoms with van der Waals surface area (Å²) in [6.45, 7) is 4.32. The van der Waals surface area contributed by atoms with Gasteiger partial charge in [-0.2, -0.15) is 0 Å². The third kappa shape index (κ3) is 4.97. The summed E-state index contributed by atoms with van der Waals surface area (Å²) in [4.78, 5) is 25.4. The number of nitrogens with zero attached hydrogens (tertiary/aromatic N) is 1. The molecule has 2 heterocycles. The molecular formula is C12H22ClN3O3. The van der Waals surface area contributed by atoms with Gasteiger partial charge in [-0.1, -0.05) is 0 Å². The van der Waals surface area contributed by atoms with Gasteiger partial charge >= 0.3 is 0 Å². The minimum Gasteiger partial charge on any atom is -0.378 e. The highest BCUT2D eigenvalue weighted by molar-refractivity contribution is 5.86. The van der Waals surface area contributed by atoms with Crippen LogP contribution in [-0.4, -0.2) is 62.7 Å². The first-order chi connectivity index (χ1) is 8.77. The topological polar surface area (TPSA) is 70.7 Å². The molecule has 0 aromatic carbocycles. The highest BCUT2D eigenvalue weighted by Gasteiger charge is 2.22. The zero-order chi connectivity index (χ0) is 12.8. The molecule has 2 aliphatic heterocycles. The quantitative estimate of drug-likeness (QED) is 0.727. The minimum absolute atomic E-state index is 0. The van der Waals surface area contributed by atoms with Crippen LogP contribution in [0.2, 0.25) is 0 Å². The summed E-state index contributed by atoms with van der Waals surface area (Å²) >= 11 is 0. The number of hydrogen-bond acceptors (Lipinski definition) is 4. The summed E-state index contributed by atoms with van der Waals surface area (Å²) in [6.07, 6.45) is 1.72. The van der Waals surface area contributed by atoms with Gasteiger partial charge in [0.2, 0.25) is 11.8 Å². The monoisotopic (exact) mass is 291 g/mol. The van der Waals surface area contributed by atoms with Gasteiger partial charge in [0.05, 0.1) is 19.8 Å². The van der Waals surface area contributed by atoms with Gasteiger partial charge in [0.15, 0.2) is 0 Å². The van der Waals surface area contributed by atoms with Crippen molar-refractivity contribution in [2.45, 2.75) is 12.8 Å². The molecule has 0 spiro atoms. The van der Waals surface area contributed by atoms with E-state index in [2.05, 4.69) is 10.6 Å². The maximum absolute atomic E-state index is 11.9. The van der Waals surface area contributed by atoms with Crippen molar-refractivity contribution in [2.24, 2.45) is 5.92 Å². The number of halogens is 1. The van der Waals surface area contributed by atoms with Crippen LogP contribution in [0.3, 0.4) is 0 Å². The van der Waals surface area contributed by atoms with Crippen LogP contribution in [0.1, 0.15) is 12.8 Å². The zero-order valence-electron chi connectivity index (χ0n) is 11.0. The first-order valence-corrected chi connectivity index (χ1v) is 6.61. The Balaban J connectivity index is 0.00000180. The van der Waals surface area contributed by atoms with Crippen molar-refractivity contribution >= 4 is 24.2 Å². The van der Waals surface area contributed by atoms with Gasteiger partial charge in [-0.25, -0.2) is 0 Å². The molecule has 2 amide bonds. The summed E-state index contributed by atoms with van der Waals surface area (Å²) < 4.78 is 5.18. The first-order valence-electron chi connectivity index (χ1n) is 6.61. The standard InChI is InChI=1S/C12H21N3O3.ClH/c16-11(15-5-7-18-8-6-15)9-14-12(17)10-1-3-13-4-2-10;/h10,13H,1-9H2,(H,14,17);1H. The van der Waals surface area contributed by atoms with E-state index in [1.54, 1.807) is 4.90 Å². The van der Waals surface area contributed by atoms with Gasteiger partial charge < -0.3 is 20.3 Å². The summed E-state index contributed by atoms with van der Waals surface area (Å²) in [5.41, 5.74) is 0. The zero-order valence-corrected chi connectivity index (χ0v) is 11.8. The van der Waals surface area contributed by atoms with E-state index < -0.39 is 0 Å². The Hall–Kier alpha value is -0.850. The fraction of sp³-hybridized carbons (Fsp3) is 0.833. The lowest BCUT2D eigenvalue weighted by Crippen LogP contribution is -2.47. The van der Waals surface area contributed by atoms with Crippen LogP contribution in [0, 0.1) is 5.92 Å². The average Bonchev–Trinajstić information content (AvgIpc) is 2.46. The van der Waals surface area contributed by atoms with Crippen molar-refractivity contribution in [3.8, 4) is 0 Å². The van der Waals surface area contributed by atoms with Gasteiger partial charge in [0.1, 0.15) is 0 Å². The Kier molecular flexibility index (Phi) is 7.12. The fourth-order valence-electron chi connectivity index (χ4n) is 2.32. The van der Waals surface area contributed by atoms with E-state index >= 15 is 0 Å². The molecule has 0 radical (unpaired) electrons. The van der Waals surface area contributed by atoms with Crippen LogP contribution in [0.4, 0.5) is 0 Å². The molecule has 110 valence electrons. The molecule has 0 unspecified atom stereocenters. The molecule has 0 aromatic rings. The molecule has 2 rings (SSSR count). The number of carbonyl (C=O) groups excluding carboxylic acids is 2. The Labute approximate surface area is 119 Å². The van der Waals surface area contributed by atoms with E-state index in [1.807, 2.05) is 0 Å². The molecular weight excluding hydrogens is 270 g/mol. The molecule has 2 fully saturated rings. The number of rotatable bonds is 3. The molecule has 0 aromatic heterocycles. The van der Waals surface area contributed by atoms with Crippen LogP contribution < -0.4 is 10.6 Å². The number of piperidine rings is 1. The number of morpholine rings is 1. The lowest BCUT2D eigenvalue weighted by molar-refractivity contribution is -0.137. The predicted molar refractivity (Wildman–Crippen MR) is 73.3 cm³/mol. The van der Waals surface area contributed by atoms with Crippen molar-refractivity contribution < 1.29 is 14.3 Å². The van der Waals surface area contributed by atoms with Crippen LogP contribution in [0.15, 0.2) is 0 Å². The van der Waals surface area contributed by atoms with E-state index in [9.17, 15) is 9.59 Å². The molecule has 0 atom stereocenters. The lowest BCUT2D eigenvalue weighted by Gasteiger charge is -2.27. The Bertz CT molecular complexity index is 273. The van der Waals surface area contributed by atoms with Gasteiger partial charge in [0, 0.05) is 19.0 Å². The van der Waals surface area contributed by atoms with Crippen LogP contribution >= 0.6 is 12.4 Å². The first kappa shape index (κ1) is 16.2. The van der Waals surface area contributed by atoms with Crippen LogP contribution in [0.25, 0.3) is 0 Å². The summed E-state index contributed by atoms with van der Waals surface area (Å²) in [6, 6.07) is 0. The van der Waals surface area contributed by atoms with Crippen molar-refractivity contribution in [3.63, 3.8) is 0 Å². The Morgan fingerprint density at radius 2 is 1.84 bits per heavy atom. The number of carbonyl (C=O) groups is 2. The van der Waals surface area contributed by atoms with E-state index in [-0.39, 0.29) is 36.7 Å². The van der Waals surface area contributed by atoms with Gasteiger partial charge in [-0.15, -0.1) is 12.4 Å². The number of hydrogen-bond donors (Lipinski definition) is 2. The summed E-state index contributed by atoms with van der Waals surface area (Å²) in [5, 5.41) is 5.97. The van der Waals surface area contributed by atoms with Crippen molar-refractivity contribution in [1.29, 1.82) is 0 Å². The molecule has 0 aliphatic carbocycles. The predicted octanol–water partition coefficient (Wildman–Crippen LogP) is -0.617. The normalized spacial score (nSPS) is 20.5. The van der Waals surface area contributed by atoms with Gasteiger partial charge in [-0.05, 0) is 25.9 Å². The average molecular weight is 292 g/mol. The third-order valence-electron chi connectivity index (χ3n) is 3.49. The van der Waals surface area contributed by atoms with Crippen molar-refractivity contribution in [2.75, 3.05) is 45.9 Å². The highest BCUT2D eigenvalue weighted by Crippen LogP contribution is 2.11. The maximum atomic E-state index is 11.9. The Morgan fingerprint density at radius 3 is 2.47 bits per heavy atom. The molecule has 7 heteroatoms. The second-order valence-corrected chi connectivity index (χ2v) is 4.74. The number of nitrogens with one attached hydrogen (secondary N) is 2. The Morgan fingerprint density at radius 1 is 1.21 bits per heavy atom. The third-order valence-corrected chi connectivity index (χ3v) is 3.49. The molecule has 2 N–H and O–H groups in total. The largest absolute Gasteiger partial charge is 0.378 e. The number of ether oxygens (including phenoxy) is 1. The fourth-order valence-corrected chi connectivity index (χ4v) is 2.32. The van der Waals surface area contributed by atoms with E-state index in [0.717, 1.165) is 25.9 Å². The van der Waals surface area contributed by atoms with E-state index in [1.165, 1.54) is 0 Å². The van der Waals surface area contributed by atoms with Crippen molar-refractivity contribution in [1.82, 2.24) is 15.5 Å². The number of amides is 2. The summed E-state index contributed by atoms with van der Waals surface area (Å²) in [5.74, 6) is 0.0578. The van der Waals surface area contributed by atoms with Crippen LogP contribution in [0.5, 0.6) is 0 Å². The second-order valence-electron chi connectivity index (χ2n) is 4.74. The highest BCUT2D eigenvalue weighted by atomic mass is 35.5. The van der Waals surface area contributed by atoms with Crippen molar-refractivity contribution in [3.05, 3.63) is 0 Å². The smallest absolute Gasteiger partial charge is 0.242 e. The molecule has 2 aliphatic rings. The van der Waals surface area contributed by atoms with E-state index in [4.69, 9.17) is 4.74 Å². The molecule has 0 bridgehead atoms. The van der Waals surface area contributed by atoms with Crippen LogP contribution in [-0.2, 0) is 14.3 Å². The molecule has 0 saturated carbocycles. The van der Waals surface area contributed by atoms with Gasteiger partial charge in [-0.3, -0.25) is 9.59 Å². The molecule has 2 saturated heterocycles. The van der Waals surface area contributed by atoms with Gasteiger partial charge in [0.25, 0.3) is 0 Å². The van der Waals surface area contributed by atoms with E-state index in [0.29, 0.717) is 26.3 Å². The molecule has 6 nitrogen and oxygen atoms in total. The molecule has 19 heavy (non-hydrogen) atoms. The summed E-state index contributed by atoms with van der Waals surface area (Å²) in [7, 11) is 0. The second kappa shape index (κ2) is 8.35.